The van der Waals surface area contributed by atoms with Gasteiger partial charge in [-0.2, -0.15) is 0 Å². The van der Waals surface area contributed by atoms with Crippen molar-refractivity contribution in [2.45, 2.75) is 33.6 Å². The lowest BCUT2D eigenvalue weighted by atomic mass is 9.90. The minimum atomic E-state index is 0.261. The average Bonchev–Trinajstić information content (AvgIpc) is 2.31. The quantitative estimate of drug-likeness (QED) is 0.711. The molecule has 0 bridgehead atoms. The Morgan fingerprint density at radius 1 is 1.12 bits per heavy atom. The molecule has 0 aromatic heterocycles. The summed E-state index contributed by atoms with van der Waals surface area (Å²) in [5, 5.41) is 3.48. The van der Waals surface area contributed by atoms with Crippen LogP contribution in [0.2, 0.25) is 0 Å². The standard InChI is InChI=1S/C15H26N2/c1-13-4-6-14(7-5-13)8-10-17-11-9-15(2,3)12-16/h4-7,17H,8-12,16H2,1-3H3. The van der Waals surface area contributed by atoms with Gasteiger partial charge in [0.15, 0.2) is 0 Å². The molecule has 2 heteroatoms. The Balaban J connectivity index is 2.14. The number of rotatable bonds is 7. The second-order valence-electron chi connectivity index (χ2n) is 5.60. The van der Waals surface area contributed by atoms with E-state index >= 15 is 0 Å². The molecule has 0 fully saturated rings. The lowest BCUT2D eigenvalue weighted by Gasteiger charge is -2.22. The summed E-state index contributed by atoms with van der Waals surface area (Å²) in [6, 6.07) is 8.77. The fourth-order valence-corrected chi connectivity index (χ4v) is 1.64. The van der Waals surface area contributed by atoms with Crippen LogP contribution >= 0.6 is 0 Å². The molecule has 0 amide bonds. The zero-order chi connectivity index (χ0) is 12.7. The van der Waals surface area contributed by atoms with Gasteiger partial charge in [0.1, 0.15) is 0 Å². The molecule has 0 saturated heterocycles. The lowest BCUT2D eigenvalue weighted by Crippen LogP contribution is -2.29. The molecule has 17 heavy (non-hydrogen) atoms. The highest BCUT2D eigenvalue weighted by Crippen LogP contribution is 2.16. The van der Waals surface area contributed by atoms with Crippen molar-refractivity contribution in [1.29, 1.82) is 0 Å². The van der Waals surface area contributed by atoms with Gasteiger partial charge in [-0.3, -0.25) is 0 Å². The Labute approximate surface area is 106 Å². The molecule has 3 N–H and O–H groups in total. The Bertz CT molecular complexity index is 314. The third-order valence-corrected chi connectivity index (χ3v) is 3.24. The molecule has 1 aromatic rings. The number of aryl methyl sites for hydroxylation is 1. The first-order valence-electron chi connectivity index (χ1n) is 6.50. The molecule has 1 aromatic carbocycles. The summed E-state index contributed by atoms with van der Waals surface area (Å²) in [6.45, 7) is 9.41. The Kier molecular flexibility index (Phi) is 5.66. The van der Waals surface area contributed by atoms with Crippen molar-refractivity contribution in [1.82, 2.24) is 5.32 Å². The van der Waals surface area contributed by atoms with Gasteiger partial charge in [-0.15, -0.1) is 0 Å². The second-order valence-corrected chi connectivity index (χ2v) is 5.60. The van der Waals surface area contributed by atoms with E-state index in [1.54, 1.807) is 0 Å². The summed E-state index contributed by atoms with van der Waals surface area (Å²) < 4.78 is 0. The fraction of sp³-hybridized carbons (Fsp3) is 0.600. The van der Waals surface area contributed by atoms with E-state index in [-0.39, 0.29) is 5.41 Å². The zero-order valence-electron chi connectivity index (χ0n) is 11.4. The number of nitrogens with two attached hydrogens (primary N) is 1. The van der Waals surface area contributed by atoms with Crippen molar-refractivity contribution in [3.8, 4) is 0 Å². The van der Waals surface area contributed by atoms with Crippen LogP contribution in [0.1, 0.15) is 31.4 Å². The molecule has 0 aliphatic carbocycles. The highest BCUT2D eigenvalue weighted by atomic mass is 14.8. The minimum Gasteiger partial charge on any atom is -0.330 e. The van der Waals surface area contributed by atoms with Crippen LogP contribution in [0.15, 0.2) is 24.3 Å². The van der Waals surface area contributed by atoms with Crippen molar-refractivity contribution >= 4 is 0 Å². The maximum atomic E-state index is 5.70. The summed E-state index contributed by atoms with van der Waals surface area (Å²) in [4.78, 5) is 0. The highest BCUT2D eigenvalue weighted by Gasteiger charge is 2.13. The predicted octanol–water partition coefficient (Wildman–Crippen LogP) is 2.50. The molecule has 2 nitrogen and oxygen atoms in total. The highest BCUT2D eigenvalue weighted by molar-refractivity contribution is 5.21. The number of hydrogen-bond acceptors (Lipinski definition) is 2. The van der Waals surface area contributed by atoms with E-state index in [4.69, 9.17) is 5.73 Å². The van der Waals surface area contributed by atoms with E-state index in [1.807, 2.05) is 0 Å². The van der Waals surface area contributed by atoms with E-state index in [1.165, 1.54) is 11.1 Å². The second kappa shape index (κ2) is 6.77. The van der Waals surface area contributed by atoms with E-state index in [9.17, 15) is 0 Å². The van der Waals surface area contributed by atoms with E-state index in [0.717, 1.165) is 32.5 Å². The van der Waals surface area contributed by atoms with Crippen molar-refractivity contribution in [3.05, 3.63) is 35.4 Å². The van der Waals surface area contributed by atoms with Crippen molar-refractivity contribution < 1.29 is 0 Å². The van der Waals surface area contributed by atoms with Crippen LogP contribution in [-0.4, -0.2) is 19.6 Å². The monoisotopic (exact) mass is 234 g/mol. The van der Waals surface area contributed by atoms with Crippen LogP contribution < -0.4 is 11.1 Å². The smallest absolute Gasteiger partial charge is 0.000835 e. The van der Waals surface area contributed by atoms with Gasteiger partial charge < -0.3 is 11.1 Å². The van der Waals surface area contributed by atoms with Crippen molar-refractivity contribution in [2.24, 2.45) is 11.1 Å². The largest absolute Gasteiger partial charge is 0.330 e. The molecule has 0 aliphatic heterocycles. The zero-order valence-corrected chi connectivity index (χ0v) is 11.4. The maximum absolute atomic E-state index is 5.70. The number of nitrogens with one attached hydrogen (secondary N) is 1. The molecule has 0 spiro atoms. The molecule has 96 valence electrons. The molecule has 0 unspecified atom stereocenters. The molecule has 0 atom stereocenters. The van der Waals surface area contributed by atoms with E-state index < -0.39 is 0 Å². The molecule has 0 heterocycles. The minimum absolute atomic E-state index is 0.261. The van der Waals surface area contributed by atoms with Crippen LogP contribution in [0.3, 0.4) is 0 Å². The summed E-state index contributed by atoms with van der Waals surface area (Å²) in [5.41, 5.74) is 8.69. The molecule has 0 aliphatic rings. The van der Waals surface area contributed by atoms with Gasteiger partial charge in [-0.25, -0.2) is 0 Å². The van der Waals surface area contributed by atoms with Gasteiger partial charge in [0.2, 0.25) is 0 Å². The van der Waals surface area contributed by atoms with Crippen LogP contribution in [0.25, 0.3) is 0 Å². The molecular weight excluding hydrogens is 208 g/mol. The normalized spacial score (nSPS) is 11.8. The first kappa shape index (κ1) is 14.2. The summed E-state index contributed by atoms with van der Waals surface area (Å²) >= 11 is 0. The van der Waals surface area contributed by atoms with Crippen molar-refractivity contribution in [2.75, 3.05) is 19.6 Å². The average molecular weight is 234 g/mol. The van der Waals surface area contributed by atoms with Gasteiger partial charge in [0.05, 0.1) is 0 Å². The Morgan fingerprint density at radius 2 is 1.76 bits per heavy atom. The van der Waals surface area contributed by atoms with Gasteiger partial charge >= 0.3 is 0 Å². The van der Waals surface area contributed by atoms with Gasteiger partial charge in [0.25, 0.3) is 0 Å². The van der Waals surface area contributed by atoms with Crippen LogP contribution in [0.5, 0.6) is 0 Å². The summed E-state index contributed by atoms with van der Waals surface area (Å²) in [7, 11) is 0. The first-order valence-corrected chi connectivity index (χ1v) is 6.50. The van der Waals surface area contributed by atoms with Crippen LogP contribution in [-0.2, 0) is 6.42 Å². The topological polar surface area (TPSA) is 38.0 Å². The number of hydrogen-bond donors (Lipinski definition) is 2. The maximum Gasteiger partial charge on any atom is -0.000835 e. The van der Waals surface area contributed by atoms with E-state index in [2.05, 4.69) is 50.4 Å². The molecular formula is C15H26N2. The molecule has 0 saturated carbocycles. The van der Waals surface area contributed by atoms with Gasteiger partial charge in [0, 0.05) is 0 Å². The number of benzene rings is 1. The van der Waals surface area contributed by atoms with Crippen LogP contribution in [0.4, 0.5) is 0 Å². The van der Waals surface area contributed by atoms with E-state index in [0.29, 0.717) is 0 Å². The Morgan fingerprint density at radius 3 is 2.35 bits per heavy atom. The SMILES string of the molecule is Cc1ccc(CCNCCC(C)(C)CN)cc1. The van der Waals surface area contributed by atoms with Gasteiger partial charge in [-0.1, -0.05) is 43.7 Å². The third kappa shape index (κ3) is 5.85. The summed E-state index contributed by atoms with van der Waals surface area (Å²) in [6.07, 6.45) is 2.24. The third-order valence-electron chi connectivity index (χ3n) is 3.24. The van der Waals surface area contributed by atoms with Crippen molar-refractivity contribution in [3.63, 3.8) is 0 Å². The Hall–Kier alpha value is -0.860. The summed E-state index contributed by atoms with van der Waals surface area (Å²) in [5.74, 6) is 0. The molecule has 0 radical (unpaired) electrons. The predicted molar refractivity (Wildman–Crippen MR) is 75.2 cm³/mol. The lowest BCUT2D eigenvalue weighted by molar-refractivity contribution is 0.340. The fourth-order valence-electron chi connectivity index (χ4n) is 1.64. The van der Waals surface area contributed by atoms with Gasteiger partial charge in [-0.05, 0) is 50.4 Å². The van der Waals surface area contributed by atoms with Crippen LogP contribution in [0, 0.1) is 12.3 Å². The molecule has 1 rings (SSSR count). The first-order chi connectivity index (χ1) is 8.03.